The van der Waals surface area contributed by atoms with Gasteiger partial charge >= 0.3 is 0 Å². The normalized spacial score (nSPS) is 25.2. The molecule has 1 spiro atoms. The molecule has 2 amide bonds. The second kappa shape index (κ2) is 9.88. The first-order valence-electron chi connectivity index (χ1n) is 15.6. The highest BCUT2D eigenvalue weighted by molar-refractivity contribution is 6.11. The van der Waals surface area contributed by atoms with Crippen molar-refractivity contribution in [1.29, 1.82) is 0 Å². The number of amides is 2. The Morgan fingerprint density at radius 2 is 1.30 bits per heavy atom. The minimum atomic E-state index is -0.881. The highest BCUT2D eigenvalue weighted by Gasteiger charge is 2.74. The quantitative estimate of drug-likeness (QED) is 0.269. The van der Waals surface area contributed by atoms with E-state index in [0.29, 0.717) is 5.92 Å². The van der Waals surface area contributed by atoms with Crippen LogP contribution in [0.4, 0.5) is 11.4 Å². The fraction of sp³-hybridized carbons (Fsp3) is 0.405. The molecular weight excluding hydrogens is 552 g/mol. The number of benzene rings is 3. The lowest BCUT2D eigenvalue weighted by Crippen LogP contribution is -2.76. The van der Waals surface area contributed by atoms with Crippen LogP contribution < -0.4 is 19.3 Å². The smallest absolute Gasteiger partial charge is 0.241 e. The number of carbonyl (C=O) groups is 2. The molecule has 0 N–H and O–H groups in total. The molecule has 3 fully saturated rings. The molecular formula is C37H40N2O5. The summed E-state index contributed by atoms with van der Waals surface area (Å²) in [6, 6.07) is 23.7. The lowest BCUT2D eigenvalue weighted by Gasteiger charge is -2.63. The third kappa shape index (κ3) is 3.61. The van der Waals surface area contributed by atoms with Crippen LogP contribution in [0.25, 0.3) is 5.57 Å². The average Bonchev–Trinajstić information content (AvgIpc) is 3.67. The summed E-state index contributed by atoms with van der Waals surface area (Å²) in [6.07, 6.45) is 3.89. The average molecular weight is 593 g/mol. The predicted molar refractivity (Wildman–Crippen MR) is 170 cm³/mol. The number of carbonyl (C=O) groups excluding carboxylic acids is 2. The second-order valence-corrected chi connectivity index (χ2v) is 13.5. The molecule has 7 rings (SSSR count). The Morgan fingerprint density at radius 3 is 1.89 bits per heavy atom. The van der Waals surface area contributed by atoms with Gasteiger partial charge in [0, 0.05) is 16.9 Å². The number of ether oxygens (including phenoxy) is 3. The van der Waals surface area contributed by atoms with E-state index in [9.17, 15) is 9.59 Å². The molecule has 2 aliphatic carbocycles. The van der Waals surface area contributed by atoms with Gasteiger partial charge < -0.3 is 14.2 Å². The van der Waals surface area contributed by atoms with E-state index in [-0.39, 0.29) is 11.8 Å². The topological polar surface area (TPSA) is 68.3 Å². The largest absolute Gasteiger partial charge is 0.497 e. The van der Waals surface area contributed by atoms with Gasteiger partial charge in [0.15, 0.2) is 6.23 Å². The van der Waals surface area contributed by atoms with Gasteiger partial charge in [-0.1, -0.05) is 37.1 Å². The maximum absolute atomic E-state index is 14.2. The minimum absolute atomic E-state index is 0.00352. The minimum Gasteiger partial charge on any atom is -0.497 e. The summed E-state index contributed by atoms with van der Waals surface area (Å²) in [7, 11) is 3.27. The van der Waals surface area contributed by atoms with E-state index in [4.69, 9.17) is 14.2 Å². The van der Waals surface area contributed by atoms with E-state index >= 15 is 0 Å². The van der Waals surface area contributed by atoms with Crippen molar-refractivity contribution in [3.05, 3.63) is 89.7 Å². The molecule has 0 aromatic heterocycles. The molecule has 2 atom stereocenters. The van der Waals surface area contributed by atoms with E-state index in [2.05, 4.69) is 24.3 Å². The molecule has 228 valence electrons. The van der Waals surface area contributed by atoms with E-state index in [1.54, 1.807) is 19.1 Å². The van der Waals surface area contributed by atoms with Gasteiger partial charge in [0.05, 0.1) is 19.6 Å². The van der Waals surface area contributed by atoms with Gasteiger partial charge in [-0.2, -0.15) is 0 Å². The van der Waals surface area contributed by atoms with Gasteiger partial charge in [0.1, 0.15) is 28.2 Å². The highest BCUT2D eigenvalue weighted by Crippen LogP contribution is 2.68. The number of hydrogen-bond donors (Lipinski definition) is 0. The second-order valence-electron chi connectivity index (χ2n) is 13.5. The molecule has 0 bridgehead atoms. The zero-order valence-corrected chi connectivity index (χ0v) is 26.3. The van der Waals surface area contributed by atoms with E-state index < -0.39 is 22.6 Å². The van der Waals surface area contributed by atoms with Crippen LogP contribution in [0.1, 0.15) is 64.5 Å². The monoisotopic (exact) mass is 592 g/mol. The number of rotatable bonds is 7. The van der Waals surface area contributed by atoms with Crippen LogP contribution in [0.2, 0.25) is 0 Å². The first kappa shape index (κ1) is 28.5. The summed E-state index contributed by atoms with van der Waals surface area (Å²) in [6.45, 7) is 7.96. The predicted octanol–water partition coefficient (Wildman–Crippen LogP) is 7.30. The number of nitrogens with zero attached hydrogens (tertiary/aromatic N) is 2. The molecule has 2 heterocycles. The maximum atomic E-state index is 14.2. The molecule has 0 unspecified atom stereocenters. The van der Waals surface area contributed by atoms with Gasteiger partial charge in [-0.3, -0.25) is 19.4 Å². The summed E-state index contributed by atoms with van der Waals surface area (Å²) in [5.74, 6) is 2.58. The summed E-state index contributed by atoms with van der Waals surface area (Å²) in [4.78, 5) is 31.6. The third-order valence-corrected chi connectivity index (χ3v) is 10.5. The lowest BCUT2D eigenvalue weighted by atomic mass is 9.58. The van der Waals surface area contributed by atoms with Crippen LogP contribution in [0, 0.1) is 16.7 Å². The number of allylic oxidation sites excluding steroid dienone is 1. The highest BCUT2D eigenvalue weighted by atomic mass is 16.5. The van der Waals surface area contributed by atoms with Crippen LogP contribution in [0.15, 0.2) is 78.6 Å². The Bertz CT molecular complexity index is 1670. The van der Waals surface area contributed by atoms with Gasteiger partial charge in [0.25, 0.3) is 0 Å². The third-order valence-electron chi connectivity index (χ3n) is 10.5. The maximum Gasteiger partial charge on any atom is 0.241 e. The molecule has 3 aromatic carbocycles. The SMILES string of the molecule is COc1ccc(N2C(=O)C(C)(C)[C@@H]2OC2=C(C3CCCC3)c3ccccc3[C@]23N(c2ccc(OC)cc2)C(=O)C3(C)C)cc1. The standard InChI is InChI=1S/C37H40N2O5/c1-35(2)32(40)38(24-15-19-26(42-5)20-16-24)34(35)44-31-30(23-11-7-8-12-23)28-13-9-10-14-29(28)37(31)36(3,4)33(41)39(37)25-17-21-27(43-6)22-18-25/h9-10,13-23,34H,7-8,11-12H2,1-6H3/t34-,37-/m0/s1. The summed E-state index contributed by atoms with van der Waals surface area (Å²) in [5, 5.41) is 0. The molecule has 7 heteroatoms. The van der Waals surface area contributed by atoms with Crippen molar-refractivity contribution in [2.24, 2.45) is 16.7 Å². The van der Waals surface area contributed by atoms with Crippen molar-refractivity contribution < 1.29 is 23.8 Å². The van der Waals surface area contributed by atoms with Crippen LogP contribution >= 0.6 is 0 Å². The Hall–Kier alpha value is -4.26. The van der Waals surface area contributed by atoms with Crippen molar-refractivity contribution >= 4 is 28.8 Å². The number of β-lactam (4-membered cyclic amide) rings is 2. The van der Waals surface area contributed by atoms with Crippen molar-refractivity contribution in [2.45, 2.75) is 65.1 Å². The van der Waals surface area contributed by atoms with Crippen molar-refractivity contribution in [1.82, 2.24) is 0 Å². The van der Waals surface area contributed by atoms with E-state index in [1.165, 1.54) is 5.57 Å². The van der Waals surface area contributed by atoms with Crippen LogP contribution in [0.3, 0.4) is 0 Å². The molecule has 4 aliphatic rings. The van der Waals surface area contributed by atoms with Gasteiger partial charge in [-0.15, -0.1) is 0 Å². The molecule has 0 radical (unpaired) electrons. The number of fused-ring (bicyclic) bond motifs is 2. The molecule has 7 nitrogen and oxygen atoms in total. The number of hydrogen-bond acceptors (Lipinski definition) is 5. The molecule has 2 saturated heterocycles. The van der Waals surface area contributed by atoms with Gasteiger partial charge in [-0.25, -0.2) is 0 Å². The Morgan fingerprint density at radius 1 is 0.727 bits per heavy atom. The van der Waals surface area contributed by atoms with E-state index in [0.717, 1.165) is 65.4 Å². The van der Waals surface area contributed by atoms with Crippen LogP contribution in [-0.2, 0) is 19.9 Å². The number of anilines is 2. The Balaban J connectivity index is 1.43. The van der Waals surface area contributed by atoms with E-state index in [1.807, 2.05) is 81.1 Å². The summed E-state index contributed by atoms with van der Waals surface area (Å²) in [5.41, 5.74) is 2.49. The molecule has 1 saturated carbocycles. The van der Waals surface area contributed by atoms with Crippen molar-refractivity contribution in [2.75, 3.05) is 24.0 Å². The molecule has 2 aliphatic heterocycles. The van der Waals surface area contributed by atoms with Crippen LogP contribution in [0.5, 0.6) is 11.5 Å². The van der Waals surface area contributed by atoms with Gasteiger partial charge in [-0.05, 0) is 106 Å². The zero-order chi connectivity index (χ0) is 31.0. The van der Waals surface area contributed by atoms with Crippen LogP contribution in [-0.4, -0.2) is 32.3 Å². The molecule has 44 heavy (non-hydrogen) atoms. The van der Waals surface area contributed by atoms with Crippen molar-refractivity contribution in [3.63, 3.8) is 0 Å². The van der Waals surface area contributed by atoms with Gasteiger partial charge in [0.2, 0.25) is 11.8 Å². The summed E-state index contributed by atoms with van der Waals surface area (Å²) >= 11 is 0. The zero-order valence-electron chi connectivity index (χ0n) is 26.3. The summed E-state index contributed by atoms with van der Waals surface area (Å²) < 4.78 is 18.2. The Kier molecular flexibility index (Phi) is 6.40. The first-order chi connectivity index (χ1) is 21.1. The molecule has 3 aromatic rings. The fourth-order valence-electron chi connectivity index (χ4n) is 8.03. The fourth-order valence-corrected chi connectivity index (χ4v) is 8.03. The Labute approximate surface area is 259 Å². The number of methoxy groups -OCH3 is 2. The lowest BCUT2D eigenvalue weighted by molar-refractivity contribution is -0.160. The van der Waals surface area contributed by atoms with Crippen molar-refractivity contribution in [3.8, 4) is 11.5 Å². The first-order valence-corrected chi connectivity index (χ1v) is 15.6.